The number of carbonyl (C=O) groups excluding carboxylic acids is 6. The Morgan fingerprint density at radius 3 is 2.20 bits per heavy atom. The largest absolute Gasteiger partial charge is 0.481 e. The van der Waals surface area contributed by atoms with E-state index < -0.39 is 71.9 Å². The fourth-order valence-corrected chi connectivity index (χ4v) is 6.54. The summed E-state index contributed by atoms with van der Waals surface area (Å²) in [5.74, 6) is -3.81. The Morgan fingerprint density at radius 2 is 1.49 bits per heavy atom. The van der Waals surface area contributed by atoms with E-state index in [4.69, 9.17) is 10.5 Å². The van der Waals surface area contributed by atoms with E-state index in [1.54, 1.807) is 81.6 Å². The van der Waals surface area contributed by atoms with Gasteiger partial charge in [0, 0.05) is 62.2 Å². The van der Waals surface area contributed by atoms with Crippen LogP contribution in [0.25, 0.3) is 10.9 Å². The van der Waals surface area contributed by atoms with Crippen molar-refractivity contribution in [3.8, 4) is 0 Å². The lowest BCUT2D eigenvalue weighted by molar-refractivity contribution is -0.145. The number of ether oxygens (including phenoxy) is 1. The molecule has 17 nitrogen and oxygen atoms in total. The highest BCUT2D eigenvalue weighted by atomic mass is 16.6. The number of aromatic nitrogens is 1. The number of nitrogens with zero attached hydrogens (tertiary/aromatic N) is 1. The van der Waals surface area contributed by atoms with Gasteiger partial charge < -0.3 is 52.0 Å². The topological polar surface area (TPSA) is 254 Å². The molecule has 1 heterocycles. The van der Waals surface area contributed by atoms with Crippen LogP contribution in [0.5, 0.6) is 0 Å². The van der Waals surface area contributed by atoms with Gasteiger partial charge in [-0.3, -0.25) is 24.0 Å². The van der Waals surface area contributed by atoms with Crippen LogP contribution in [0.3, 0.4) is 0 Å². The van der Waals surface area contributed by atoms with Crippen LogP contribution in [0.1, 0.15) is 69.6 Å². The number of alkyl carbamates (subject to hydrolysis) is 1. The number of unbranched alkanes of at least 4 members (excludes halogenated alkanes) is 2. The Hall–Kier alpha value is -6.91. The number of aromatic amines is 1. The summed E-state index contributed by atoms with van der Waals surface area (Å²) in [6, 6.07) is 19.6. The molecule has 0 saturated heterocycles. The van der Waals surface area contributed by atoms with Crippen molar-refractivity contribution in [2.45, 2.75) is 96.0 Å². The molecule has 326 valence electrons. The first kappa shape index (κ1) is 46.8. The lowest BCUT2D eigenvalue weighted by Gasteiger charge is -2.29. The molecular formula is C44H56N8O9. The highest BCUT2D eigenvalue weighted by Gasteiger charge is 2.32. The number of hydrogen-bond acceptors (Lipinski definition) is 8. The molecule has 0 spiro atoms. The Balaban J connectivity index is 1.23. The Bertz CT molecular complexity index is 2150. The third-order valence-electron chi connectivity index (χ3n) is 9.62. The normalized spacial score (nSPS) is 12.6. The number of amides is 7. The van der Waals surface area contributed by atoms with E-state index in [1.807, 2.05) is 24.3 Å². The molecule has 0 aliphatic rings. The molecule has 0 saturated carbocycles. The number of urea groups is 1. The quantitative estimate of drug-likeness (QED) is 0.0561. The number of hydrogen-bond donors (Lipinski definition) is 8. The van der Waals surface area contributed by atoms with Crippen LogP contribution in [0.2, 0.25) is 0 Å². The third-order valence-corrected chi connectivity index (χ3v) is 9.62. The second-order valence-electron chi connectivity index (χ2n) is 15.6. The molecule has 9 N–H and O–H groups in total. The lowest BCUT2D eigenvalue weighted by atomic mass is 10.0. The van der Waals surface area contributed by atoms with E-state index in [2.05, 4.69) is 31.6 Å². The van der Waals surface area contributed by atoms with Gasteiger partial charge in [0.05, 0.1) is 6.42 Å². The molecule has 7 amide bonds. The first-order chi connectivity index (χ1) is 29.0. The summed E-state index contributed by atoms with van der Waals surface area (Å²) in [5, 5.41) is 24.0. The molecule has 4 aromatic rings. The van der Waals surface area contributed by atoms with E-state index in [9.17, 15) is 38.7 Å². The van der Waals surface area contributed by atoms with Crippen molar-refractivity contribution in [1.82, 2.24) is 31.2 Å². The summed E-state index contributed by atoms with van der Waals surface area (Å²) in [6.07, 6.45) is 2.14. The zero-order chi connectivity index (χ0) is 44.5. The average Bonchev–Trinajstić information content (AvgIpc) is 3.61. The minimum atomic E-state index is -1.41. The molecular weight excluding hydrogens is 785 g/mol. The lowest BCUT2D eigenvalue weighted by Crippen LogP contribution is -2.54. The van der Waals surface area contributed by atoms with E-state index in [1.165, 1.54) is 7.05 Å². The number of carboxylic acid groups (broad SMARTS) is 1. The number of nitrogens with two attached hydrogens (primary N) is 1. The van der Waals surface area contributed by atoms with Gasteiger partial charge in [-0.05, 0) is 62.4 Å². The van der Waals surface area contributed by atoms with Crippen molar-refractivity contribution >= 4 is 58.3 Å². The average molecular weight is 841 g/mol. The molecule has 3 atom stereocenters. The summed E-state index contributed by atoms with van der Waals surface area (Å²) < 4.78 is 5.43. The second kappa shape index (κ2) is 22.5. The van der Waals surface area contributed by atoms with E-state index in [-0.39, 0.29) is 32.4 Å². The number of carbonyl (C=O) groups is 7. The van der Waals surface area contributed by atoms with Gasteiger partial charge in [0.1, 0.15) is 23.7 Å². The number of primary amides is 1. The molecule has 0 bridgehead atoms. The molecule has 0 radical (unpaired) electrons. The fourth-order valence-electron chi connectivity index (χ4n) is 6.54. The van der Waals surface area contributed by atoms with Gasteiger partial charge in [-0.25, -0.2) is 9.59 Å². The number of H-pyrrole nitrogens is 1. The van der Waals surface area contributed by atoms with Gasteiger partial charge in [0.15, 0.2) is 0 Å². The summed E-state index contributed by atoms with van der Waals surface area (Å²) in [6.45, 7) is 5.52. The molecule has 3 aromatic carbocycles. The van der Waals surface area contributed by atoms with Crippen molar-refractivity contribution in [2.24, 2.45) is 5.73 Å². The van der Waals surface area contributed by atoms with Gasteiger partial charge in [-0.15, -0.1) is 0 Å². The minimum absolute atomic E-state index is 0.00238. The number of likely N-dealkylation sites (N-methyl/N-ethyl adjacent to an activating group) is 1. The van der Waals surface area contributed by atoms with Gasteiger partial charge in [0.2, 0.25) is 23.6 Å². The van der Waals surface area contributed by atoms with E-state index in [0.717, 1.165) is 26.9 Å². The van der Waals surface area contributed by atoms with Crippen molar-refractivity contribution in [1.29, 1.82) is 0 Å². The maximum atomic E-state index is 13.6. The fraction of sp³-hybridized carbons (Fsp3) is 0.386. The van der Waals surface area contributed by atoms with Crippen LogP contribution < -0.4 is 32.3 Å². The van der Waals surface area contributed by atoms with Gasteiger partial charge in [-0.2, -0.15) is 0 Å². The van der Waals surface area contributed by atoms with Crippen molar-refractivity contribution in [3.05, 3.63) is 102 Å². The molecule has 3 unspecified atom stereocenters. The number of benzene rings is 3. The van der Waals surface area contributed by atoms with Gasteiger partial charge in [0.25, 0.3) is 0 Å². The summed E-state index contributed by atoms with van der Waals surface area (Å²) in [5.41, 5.74) is 8.38. The zero-order valence-electron chi connectivity index (χ0n) is 34.9. The number of carboxylic acids is 1. The number of nitrogens with one attached hydrogen (secondary N) is 6. The molecule has 4 rings (SSSR count). The van der Waals surface area contributed by atoms with Crippen LogP contribution in [-0.4, -0.2) is 94.0 Å². The summed E-state index contributed by atoms with van der Waals surface area (Å²) in [4.78, 5) is 93.3. The van der Waals surface area contributed by atoms with Crippen molar-refractivity contribution in [3.63, 3.8) is 0 Å². The standard InChI is InChI=1S/C44H56N8O9/c1-44(2,3)61-43(60)51-34(24-30-27-47-33-20-13-11-18-31(30)33)40(57)48-26-29-17-10-12-19-32(29)50-42(59)46-22-14-6-9-21-37(53)49-35(25-38(54)55)41(58)52(4)36(39(45)56)23-28-15-7-5-8-16-28/h5,7-8,10-13,15-20,27,34-36,47H,6,9,14,21-26H2,1-4H3,(H2,45,56)(H,48,57)(H,49,53)(H,51,60)(H,54,55)(H2,46,50,59). The van der Waals surface area contributed by atoms with Crippen molar-refractivity contribution in [2.75, 3.05) is 18.9 Å². The SMILES string of the molecule is CN(C(=O)C(CC(=O)O)NC(=O)CCCCCNC(=O)Nc1ccccc1CNC(=O)C(Cc1c[nH]c2ccccc12)NC(=O)OC(C)(C)C)C(Cc1ccccc1)C(N)=O. The maximum Gasteiger partial charge on any atom is 0.408 e. The predicted molar refractivity (Wildman–Crippen MR) is 229 cm³/mol. The molecule has 0 fully saturated rings. The first-order valence-electron chi connectivity index (χ1n) is 20.1. The van der Waals surface area contributed by atoms with Crippen molar-refractivity contribution < 1.29 is 43.4 Å². The van der Waals surface area contributed by atoms with E-state index >= 15 is 0 Å². The highest BCUT2D eigenvalue weighted by Crippen LogP contribution is 2.20. The van der Waals surface area contributed by atoms with Gasteiger partial charge in [-0.1, -0.05) is 73.2 Å². The minimum Gasteiger partial charge on any atom is -0.481 e. The second-order valence-corrected chi connectivity index (χ2v) is 15.6. The molecule has 0 aliphatic heterocycles. The maximum absolute atomic E-state index is 13.6. The predicted octanol–water partition coefficient (Wildman–Crippen LogP) is 4.12. The van der Waals surface area contributed by atoms with Gasteiger partial charge >= 0.3 is 18.1 Å². The Labute approximate surface area is 354 Å². The van der Waals surface area contributed by atoms with Crippen LogP contribution in [-0.2, 0) is 48.1 Å². The van der Waals surface area contributed by atoms with E-state index in [0.29, 0.717) is 30.5 Å². The number of aliphatic carboxylic acids is 1. The zero-order valence-corrected chi connectivity index (χ0v) is 34.9. The number of fused-ring (bicyclic) bond motifs is 1. The monoisotopic (exact) mass is 840 g/mol. The Kier molecular flexibility index (Phi) is 17.2. The van der Waals surface area contributed by atoms with Crippen LogP contribution in [0.15, 0.2) is 85.1 Å². The van der Waals surface area contributed by atoms with Crippen LogP contribution in [0.4, 0.5) is 15.3 Å². The number of anilines is 1. The number of rotatable bonds is 21. The van der Waals surface area contributed by atoms with Crippen LogP contribution >= 0.6 is 0 Å². The number of para-hydroxylation sites is 2. The third kappa shape index (κ3) is 15.3. The first-order valence-corrected chi connectivity index (χ1v) is 20.1. The molecule has 1 aromatic heterocycles. The smallest absolute Gasteiger partial charge is 0.408 e. The summed E-state index contributed by atoms with van der Waals surface area (Å²) >= 11 is 0. The molecule has 17 heteroatoms. The molecule has 0 aliphatic carbocycles. The summed E-state index contributed by atoms with van der Waals surface area (Å²) in [7, 11) is 1.35. The highest BCUT2D eigenvalue weighted by molar-refractivity contribution is 5.94. The van der Waals surface area contributed by atoms with Crippen LogP contribution in [0, 0.1) is 0 Å². The Morgan fingerprint density at radius 1 is 0.803 bits per heavy atom. The molecule has 61 heavy (non-hydrogen) atoms.